The van der Waals surface area contributed by atoms with E-state index >= 15 is 0 Å². The summed E-state index contributed by atoms with van der Waals surface area (Å²) in [5.41, 5.74) is 2.71. The molecule has 2 aromatic carbocycles. The molecule has 0 aliphatic carbocycles. The third kappa shape index (κ3) is 7.93. The predicted octanol–water partition coefficient (Wildman–Crippen LogP) is 3.54. The van der Waals surface area contributed by atoms with Crippen LogP contribution in [-0.4, -0.2) is 46.2 Å². The first-order valence-electron chi connectivity index (χ1n) is 10.1. The van der Waals surface area contributed by atoms with Crippen LogP contribution in [0.4, 0.5) is 0 Å². The predicted molar refractivity (Wildman–Crippen MR) is 136 cm³/mol. The van der Waals surface area contributed by atoms with Gasteiger partial charge in [0.25, 0.3) is 5.91 Å². The highest BCUT2D eigenvalue weighted by Crippen LogP contribution is 2.29. The standard InChI is InChI=1S/C23H32N4O3.HI/c1-6-25-23(26-13-12-17-8-7-9-18(14-17)22(28)24-3)27-16(2)20-15-19(29-4)10-11-21(20)30-5;/h7-11,14-16H,6,12-13H2,1-5H3,(H,24,28)(H2,25,26,27);1H. The molecule has 0 aromatic heterocycles. The van der Waals surface area contributed by atoms with Crippen LogP contribution in [0.5, 0.6) is 11.5 Å². The summed E-state index contributed by atoms with van der Waals surface area (Å²) in [7, 11) is 4.94. The molecule has 0 aliphatic rings. The van der Waals surface area contributed by atoms with E-state index in [-0.39, 0.29) is 35.9 Å². The third-order valence-corrected chi connectivity index (χ3v) is 4.69. The highest BCUT2D eigenvalue weighted by Gasteiger charge is 2.14. The minimum Gasteiger partial charge on any atom is -0.497 e. The van der Waals surface area contributed by atoms with Crippen LogP contribution in [0.2, 0.25) is 0 Å². The number of methoxy groups -OCH3 is 2. The van der Waals surface area contributed by atoms with E-state index in [1.54, 1.807) is 27.3 Å². The SMILES string of the molecule is CCNC(=NCCc1cccc(C(=O)NC)c1)NC(C)c1cc(OC)ccc1OC.I. The fourth-order valence-electron chi connectivity index (χ4n) is 3.09. The summed E-state index contributed by atoms with van der Waals surface area (Å²) in [6, 6.07) is 13.3. The molecule has 1 amide bonds. The average molecular weight is 540 g/mol. The first-order valence-corrected chi connectivity index (χ1v) is 10.1. The molecule has 1 atom stereocenters. The number of hydrogen-bond donors (Lipinski definition) is 3. The van der Waals surface area contributed by atoms with E-state index in [1.807, 2.05) is 43.3 Å². The van der Waals surface area contributed by atoms with Gasteiger partial charge in [-0.15, -0.1) is 24.0 Å². The summed E-state index contributed by atoms with van der Waals surface area (Å²) < 4.78 is 10.8. The van der Waals surface area contributed by atoms with Crippen molar-refractivity contribution in [3.8, 4) is 11.5 Å². The lowest BCUT2D eigenvalue weighted by atomic mass is 10.1. The van der Waals surface area contributed by atoms with Gasteiger partial charge in [-0.1, -0.05) is 12.1 Å². The largest absolute Gasteiger partial charge is 0.497 e. The van der Waals surface area contributed by atoms with Crippen LogP contribution in [0.3, 0.4) is 0 Å². The lowest BCUT2D eigenvalue weighted by Crippen LogP contribution is -2.39. The number of halogens is 1. The van der Waals surface area contributed by atoms with Crippen LogP contribution in [0.25, 0.3) is 0 Å². The summed E-state index contributed by atoms with van der Waals surface area (Å²) in [5.74, 6) is 2.20. The van der Waals surface area contributed by atoms with Gasteiger partial charge in [-0.25, -0.2) is 0 Å². The van der Waals surface area contributed by atoms with Crippen LogP contribution >= 0.6 is 24.0 Å². The maximum atomic E-state index is 11.8. The van der Waals surface area contributed by atoms with Gasteiger partial charge in [-0.2, -0.15) is 0 Å². The quantitative estimate of drug-likeness (QED) is 0.258. The van der Waals surface area contributed by atoms with Crippen molar-refractivity contribution in [1.29, 1.82) is 0 Å². The van der Waals surface area contributed by atoms with Crippen LogP contribution < -0.4 is 25.4 Å². The molecule has 0 bridgehead atoms. The number of rotatable bonds is 9. The van der Waals surface area contributed by atoms with E-state index in [1.165, 1.54) is 0 Å². The minimum atomic E-state index is -0.0867. The van der Waals surface area contributed by atoms with Crippen molar-refractivity contribution in [3.63, 3.8) is 0 Å². The number of guanidine groups is 1. The molecule has 0 aliphatic heterocycles. The molecule has 170 valence electrons. The molecule has 0 saturated heterocycles. The van der Waals surface area contributed by atoms with E-state index in [2.05, 4.69) is 27.9 Å². The van der Waals surface area contributed by atoms with Crippen molar-refractivity contribution in [2.75, 3.05) is 34.4 Å². The molecule has 0 saturated carbocycles. The fraction of sp³-hybridized carbons (Fsp3) is 0.391. The van der Waals surface area contributed by atoms with Gasteiger partial charge in [0.1, 0.15) is 11.5 Å². The third-order valence-electron chi connectivity index (χ3n) is 4.69. The highest BCUT2D eigenvalue weighted by atomic mass is 127. The Hall–Kier alpha value is -2.49. The van der Waals surface area contributed by atoms with Crippen LogP contribution in [0.15, 0.2) is 47.5 Å². The lowest BCUT2D eigenvalue weighted by molar-refractivity contribution is 0.0963. The molecule has 0 radical (unpaired) electrons. The van der Waals surface area contributed by atoms with Crippen LogP contribution in [-0.2, 0) is 6.42 Å². The molecule has 1 unspecified atom stereocenters. The topological polar surface area (TPSA) is 84.0 Å². The minimum absolute atomic E-state index is 0. The number of carbonyl (C=O) groups is 1. The number of benzene rings is 2. The average Bonchev–Trinajstić information content (AvgIpc) is 2.78. The molecule has 31 heavy (non-hydrogen) atoms. The summed E-state index contributed by atoms with van der Waals surface area (Å²) in [6.45, 7) is 5.42. The van der Waals surface area contributed by atoms with Gasteiger partial charge in [0.05, 0.1) is 20.3 Å². The van der Waals surface area contributed by atoms with Crippen LogP contribution in [0, 0.1) is 0 Å². The Morgan fingerprint density at radius 1 is 1.13 bits per heavy atom. The van der Waals surface area contributed by atoms with Crippen LogP contribution in [0.1, 0.15) is 41.4 Å². The van der Waals surface area contributed by atoms with Crippen molar-refractivity contribution in [3.05, 3.63) is 59.2 Å². The molecule has 8 heteroatoms. The zero-order chi connectivity index (χ0) is 21.9. The molecule has 2 rings (SSSR count). The van der Waals surface area contributed by atoms with E-state index < -0.39 is 0 Å². The van der Waals surface area contributed by atoms with Crippen molar-refractivity contribution < 1.29 is 14.3 Å². The van der Waals surface area contributed by atoms with E-state index in [0.717, 1.165) is 41.6 Å². The van der Waals surface area contributed by atoms with Gasteiger partial charge in [0.15, 0.2) is 5.96 Å². The number of amides is 1. The van der Waals surface area contributed by atoms with Gasteiger partial charge in [-0.05, 0) is 56.2 Å². The second-order valence-electron chi connectivity index (χ2n) is 6.76. The Morgan fingerprint density at radius 2 is 1.90 bits per heavy atom. The van der Waals surface area contributed by atoms with E-state index in [0.29, 0.717) is 12.1 Å². The zero-order valence-corrected chi connectivity index (χ0v) is 21.2. The number of ether oxygens (including phenoxy) is 2. The number of hydrogen-bond acceptors (Lipinski definition) is 4. The monoisotopic (exact) mass is 540 g/mol. The van der Waals surface area contributed by atoms with Gasteiger partial charge in [0.2, 0.25) is 0 Å². The maximum absolute atomic E-state index is 11.8. The second-order valence-corrected chi connectivity index (χ2v) is 6.76. The molecular weight excluding hydrogens is 507 g/mol. The smallest absolute Gasteiger partial charge is 0.251 e. The molecule has 7 nitrogen and oxygen atoms in total. The molecule has 0 fully saturated rings. The maximum Gasteiger partial charge on any atom is 0.251 e. The highest BCUT2D eigenvalue weighted by molar-refractivity contribution is 14.0. The summed E-state index contributed by atoms with van der Waals surface area (Å²) >= 11 is 0. The normalized spacial score (nSPS) is 11.7. The summed E-state index contributed by atoms with van der Waals surface area (Å²) in [5, 5.41) is 9.35. The Balaban J connectivity index is 0.00000480. The fourth-order valence-corrected chi connectivity index (χ4v) is 3.09. The number of nitrogens with zero attached hydrogens (tertiary/aromatic N) is 1. The second kappa shape index (κ2) is 13.7. The molecule has 0 heterocycles. The molecule has 3 N–H and O–H groups in total. The Bertz CT molecular complexity index is 874. The Labute approximate surface area is 202 Å². The first-order chi connectivity index (χ1) is 14.5. The summed E-state index contributed by atoms with van der Waals surface area (Å²) in [6.07, 6.45) is 0.734. The van der Waals surface area contributed by atoms with E-state index in [9.17, 15) is 4.79 Å². The molecular formula is C23H33IN4O3. The molecule has 0 spiro atoms. The van der Waals surface area contributed by atoms with Crippen molar-refractivity contribution >= 4 is 35.8 Å². The number of nitrogens with one attached hydrogen (secondary N) is 3. The van der Waals surface area contributed by atoms with Crippen molar-refractivity contribution in [1.82, 2.24) is 16.0 Å². The summed E-state index contributed by atoms with van der Waals surface area (Å²) in [4.78, 5) is 16.5. The molecule has 2 aromatic rings. The number of carbonyl (C=O) groups excluding carboxylic acids is 1. The van der Waals surface area contributed by atoms with Crippen molar-refractivity contribution in [2.45, 2.75) is 26.3 Å². The van der Waals surface area contributed by atoms with Gasteiger partial charge >= 0.3 is 0 Å². The Kier molecular flexibility index (Phi) is 11.8. The first kappa shape index (κ1) is 26.5. The van der Waals surface area contributed by atoms with Gasteiger partial charge in [-0.3, -0.25) is 9.79 Å². The van der Waals surface area contributed by atoms with Crippen molar-refractivity contribution in [2.24, 2.45) is 4.99 Å². The van der Waals surface area contributed by atoms with Gasteiger partial charge < -0.3 is 25.4 Å². The van der Waals surface area contributed by atoms with E-state index in [4.69, 9.17) is 9.47 Å². The zero-order valence-electron chi connectivity index (χ0n) is 18.8. The lowest BCUT2D eigenvalue weighted by Gasteiger charge is -2.20. The Morgan fingerprint density at radius 3 is 2.55 bits per heavy atom. The van der Waals surface area contributed by atoms with Gasteiger partial charge in [0, 0.05) is 31.3 Å². The number of aliphatic imine (C=N–C) groups is 1.